The Balaban J connectivity index is 2.21. The third-order valence-electron chi connectivity index (χ3n) is 3.97. The second-order valence-corrected chi connectivity index (χ2v) is 5.56. The minimum absolute atomic E-state index is 0.0490. The van der Waals surface area contributed by atoms with E-state index in [0.717, 1.165) is 12.8 Å². The fraction of sp³-hybridized carbons (Fsp3) is 0.562. The summed E-state index contributed by atoms with van der Waals surface area (Å²) in [6, 6.07) is 4.52. The molecule has 2 atom stereocenters. The van der Waals surface area contributed by atoms with E-state index in [-0.39, 0.29) is 17.7 Å². The van der Waals surface area contributed by atoms with Crippen molar-refractivity contribution in [1.29, 1.82) is 0 Å². The summed E-state index contributed by atoms with van der Waals surface area (Å²) in [7, 11) is 0. The summed E-state index contributed by atoms with van der Waals surface area (Å²) >= 11 is 0. The average Bonchev–Trinajstić information content (AvgIpc) is 2.49. The fourth-order valence-electron chi connectivity index (χ4n) is 2.76. The summed E-state index contributed by atoms with van der Waals surface area (Å²) in [6.45, 7) is 5.37. The van der Waals surface area contributed by atoms with Crippen LogP contribution in [0.1, 0.15) is 37.0 Å². The molecular weight excluding hydrogens is 271 g/mol. The number of hydrogen-bond acceptors (Lipinski definition) is 3. The largest absolute Gasteiger partial charge is 0.490 e. The molecule has 1 aromatic rings. The van der Waals surface area contributed by atoms with Crippen molar-refractivity contribution in [1.82, 2.24) is 4.90 Å². The molecule has 1 heterocycles. The molecule has 0 aliphatic carbocycles. The molecule has 1 fully saturated rings. The van der Waals surface area contributed by atoms with Crippen molar-refractivity contribution in [2.45, 2.75) is 32.7 Å². The van der Waals surface area contributed by atoms with Gasteiger partial charge in [0.05, 0.1) is 12.2 Å². The standard InChI is InChI=1S/C16H23FN2O2/c1-3-21-15-13(7-4-8-14(15)17)16(20)19-9-5-6-12(10-19)11(2)18/h4,7-8,11-12H,3,5-6,9-10,18H2,1-2H3/t11-,12+/m0/s1. The van der Waals surface area contributed by atoms with E-state index in [1.807, 2.05) is 6.92 Å². The molecule has 1 aromatic carbocycles. The van der Waals surface area contributed by atoms with Gasteiger partial charge in [-0.05, 0) is 44.7 Å². The van der Waals surface area contributed by atoms with Gasteiger partial charge in [-0.2, -0.15) is 0 Å². The second kappa shape index (κ2) is 6.89. The van der Waals surface area contributed by atoms with Crippen LogP contribution in [0.5, 0.6) is 5.75 Å². The molecule has 116 valence electrons. The zero-order chi connectivity index (χ0) is 15.4. The molecule has 0 unspecified atom stereocenters. The molecule has 1 amide bonds. The number of hydrogen-bond donors (Lipinski definition) is 1. The van der Waals surface area contributed by atoms with Crippen molar-refractivity contribution < 1.29 is 13.9 Å². The van der Waals surface area contributed by atoms with Gasteiger partial charge in [-0.1, -0.05) is 6.07 Å². The Morgan fingerprint density at radius 3 is 3.00 bits per heavy atom. The minimum Gasteiger partial charge on any atom is -0.490 e. The third-order valence-corrected chi connectivity index (χ3v) is 3.97. The van der Waals surface area contributed by atoms with Crippen LogP contribution in [0.2, 0.25) is 0 Å². The van der Waals surface area contributed by atoms with Gasteiger partial charge in [0.1, 0.15) is 0 Å². The summed E-state index contributed by atoms with van der Waals surface area (Å²) in [6.07, 6.45) is 1.96. The van der Waals surface area contributed by atoms with Gasteiger partial charge in [0, 0.05) is 19.1 Å². The molecule has 4 nitrogen and oxygen atoms in total. The lowest BCUT2D eigenvalue weighted by atomic mass is 9.92. The number of nitrogens with two attached hydrogens (primary N) is 1. The Labute approximate surface area is 125 Å². The van der Waals surface area contributed by atoms with E-state index in [2.05, 4.69) is 0 Å². The summed E-state index contributed by atoms with van der Waals surface area (Å²) in [5, 5.41) is 0. The highest BCUT2D eigenvalue weighted by molar-refractivity contribution is 5.97. The number of carbonyl (C=O) groups is 1. The lowest BCUT2D eigenvalue weighted by Crippen LogP contribution is -2.45. The van der Waals surface area contributed by atoms with Crippen LogP contribution in [0.3, 0.4) is 0 Å². The molecule has 0 spiro atoms. The van der Waals surface area contributed by atoms with E-state index in [4.69, 9.17) is 10.5 Å². The zero-order valence-electron chi connectivity index (χ0n) is 12.6. The van der Waals surface area contributed by atoms with E-state index in [9.17, 15) is 9.18 Å². The highest BCUT2D eigenvalue weighted by atomic mass is 19.1. The molecule has 0 bridgehead atoms. The van der Waals surface area contributed by atoms with Crippen LogP contribution in [0, 0.1) is 11.7 Å². The molecule has 1 aliphatic heterocycles. The quantitative estimate of drug-likeness (QED) is 0.928. The van der Waals surface area contributed by atoms with Crippen molar-refractivity contribution in [2.75, 3.05) is 19.7 Å². The summed E-state index contributed by atoms with van der Waals surface area (Å²) in [5.41, 5.74) is 6.24. The lowest BCUT2D eigenvalue weighted by Gasteiger charge is -2.35. The molecule has 0 saturated carbocycles. The van der Waals surface area contributed by atoms with Crippen LogP contribution in [-0.4, -0.2) is 36.5 Å². The molecule has 5 heteroatoms. The number of piperidine rings is 1. The molecule has 1 saturated heterocycles. The number of benzene rings is 1. The first-order chi connectivity index (χ1) is 10.0. The highest BCUT2D eigenvalue weighted by Crippen LogP contribution is 2.27. The Kier molecular flexibility index (Phi) is 5.17. The van der Waals surface area contributed by atoms with Crippen LogP contribution >= 0.6 is 0 Å². The Bertz CT molecular complexity index is 505. The highest BCUT2D eigenvalue weighted by Gasteiger charge is 2.28. The van der Waals surface area contributed by atoms with Gasteiger partial charge in [0.2, 0.25) is 0 Å². The lowest BCUT2D eigenvalue weighted by molar-refractivity contribution is 0.0656. The second-order valence-electron chi connectivity index (χ2n) is 5.56. The van der Waals surface area contributed by atoms with Crippen molar-refractivity contribution in [3.8, 4) is 5.75 Å². The van der Waals surface area contributed by atoms with Crippen molar-refractivity contribution in [2.24, 2.45) is 11.7 Å². The van der Waals surface area contributed by atoms with Crippen LogP contribution in [0.4, 0.5) is 4.39 Å². The molecule has 0 radical (unpaired) electrons. The Hall–Kier alpha value is -1.62. The summed E-state index contributed by atoms with van der Waals surface area (Å²) < 4.78 is 19.2. The fourth-order valence-corrected chi connectivity index (χ4v) is 2.76. The van der Waals surface area contributed by atoms with E-state index in [0.29, 0.717) is 31.2 Å². The number of carbonyl (C=O) groups excluding carboxylic acids is 1. The SMILES string of the molecule is CCOc1c(F)cccc1C(=O)N1CCC[C@@H]([C@H](C)N)C1. The normalized spacial score (nSPS) is 20.2. The zero-order valence-corrected chi connectivity index (χ0v) is 12.6. The van der Waals surface area contributed by atoms with Crippen molar-refractivity contribution in [3.05, 3.63) is 29.6 Å². The van der Waals surface area contributed by atoms with Crippen molar-refractivity contribution >= 4 is 5.91 Å². The first-order valence-corrected chi connectivity index (χ1v) is 7.50. The predicted octanol–water partition coefficient (Wildman–Crippen LogP) is 2.42. The minimum atomic E-state index is -0.497. The molecule has 0 aromatic heterocycles. The third kappa shape index (κ3) is 3.53. The van der Waals surface area contributed by atoms with Crippen LogP contribution in [0.15, 0.2) is 18.2 Å². The molecular formula is C16H23FN2O2. The van der Waals surface area contributed by atoms with E-state index < -0.39 is 5.82 Å². The Morgan fingerprint density at radius 2 is 2.33 bits per heavy atom. The maximum Gasteiger partial charge on any atom is 0.257 e. The maximum atomic E-state index is 13.9. The van der Waals surface area contributed by atoms with Crippen LogP contribution in [-0.2, 0) is 0 Å². The van der Waals surface area contributed by atoms with E-state index >= 15 is 0 Å². The van der Waals surface area contributed by atoms with Gasteiger partial charge in [-0.15, -0.1) is 0 Å². The molecule has 2 rings (SSSR count). The molecule has 2 N–H and O–H groups in total. The first kappa shape index (κ1) is 15.8. The van der Waals surface area contributed by atoms with Gasteiger partial charge in [-0.25, -0.2) is 4.39 Å². The smallest absolute Gasteiger partial charge is 0.257 e. The average molecular weight is 294 g/mol. The van der Waals surface area contributed by atoms with Gasteiger partial charge in [-0.3, -0.25) is 4.79 Å². The Morgan fingerprint density at radius 1 is 1.57 bits per heavy atom. The van der Waals surface area contributed by atoms with Crippen LogP contribution in [0.25, 0.3) is 0 Å². The number of amides is 1. The summed E-state index contributed by atoms with van der Waals surface area (Å²) in [5.74, 6) is -0.327. The van der Waals surface area contributed by atoms with Gasteiger partial charge < -0.3 is 15.4 Å². The number of ether oxygens (including phenoxy) is 1. The van der Waals surface area contributed by atoms with E-state index in [1.165, 1.54) is 12.1 Å². The first-order valence-electron chi connectivity index (χ1n) is 7.50. The van der Waals surface area contributed by atoms with Gasteiger partial charge in [0.15, 0.2) is 11.6 Å². The molecule has 21 heavy (non-hydrogen) atoms. The monoisotopic (exact) mass is 294 g/mol. The van der Waals surface area contributed by atoms with Crippen LogP contribution < -0.4 is 10.5 Å². The topological polar surface area (TPSA) is 55.6 Å². The maximum absolute atomic E-state index is 13.9. The number of nitrogens with zero attached hydrogens (tertiary/aromatic N) is 1. The number of halogens is 1. The van der Waals surface area contributed by atoms with Gasteiger partial charge >= 0.3 is 0 Å². The van der Waals surface area contributed by atoms with E-state index in [1.54, 1.807) is 17.9 Å². The number of para-hydroxylation sites is 1. The number of rotatable bonds is 4. The van der Waals surface area contributed by atoms with Gasteiger partial charge in [0.25, 0.3) is 5.91 Å². The molecule has 1 aliphatic rings. The number of likely N-dealkylation sites (tertiary alicyclic amines) is 1. The summed E-state index contributed by atoms with van der Waals surface area (Å²) in [4.78, 5) is 14.4. The predicted molar refractivity (Wildman–Crippen MR) is 79.8 cm³/mol. The van der Waals surface area contributed by atoms with Crippen molar-refractivity contribution in [3.63, 3.8) is 0 Å².